The maximum absolute atomic E-state index is 11.2. The summed E-state index contributed by atoms with van der Waals surface area (Å²) in [5.41, 5.74) is 3.12. The summed E-state index contributed by atoms with van der Waals surface area (Å²) in [5, 5.41) is 20.6. The molecule has 1 aliphatic rings. The molecule has 3 rings (SSSR count). The van der Waals surface area contributed by atoms with Crippen LogP contribution in [0.3, 0.4) is 0 Å². The Balaban J connectivity index is 2.33. The Kier molecular flexibility index (Phi) is 4.93. The maximum Gasteiger partial charge on any atom is 0.305 e. The van der Waals surface area contributed by atoms with Gasteiger partial charge >= 0.3 is 5.97 Å². The Morgan fingerprint density at radius 1 is 1.35 bits per heavy atom. The third-order valence-corrected chi connectivity index (χ3v) is 4.81. The molecule has 0 saturated heterocycles. The van der Waals surface area contributed by atoms with Gasteiger partial charge < -0.3 is 14.6 Å². The standard InChI is InChI=1S/C18H18N4O3S/c1-20-11-22(25-2)16-13(10-19)15(12-6-4-3-5-7-12)21(9-8-14(23)24)17(16)18(20)26/h3-7H,8-9,11H2,1-2H3,(H,23,24). The number of nitrogens with zero attached hydrogens (tertiary/aromatic N) is 4. The molecule has 1 aromatic carbocycles. The van der Waals surface area contributed by atoms with Gasteiger partial charge in [0.2, 0.25) is 0 Å². The first-order chi connectivity index (χ1) is 12.5. The van der Waals surface area contributed by atoms with Crippen LogP contribution in [0.15, 0.2) is 30.3 Å². The minimum absolute atomic E-state index is 0.0782. The van der Waals surface area contributed by atoms with Crippen molar-refractivity contribution in [3.63, 3.8) is 0 Å². The van der Waals surface area contributed by atoms with Crippen LogP contribution in [0.5, 0.6) is 0 Å². The lowest BCUT2D eigenvalue weighted by molar-refractivity contribution is -0.137. The van der Waals surface area contributed by atoms with Crippen LogP contribution >= 0.6 is 12.2 Å². The summed E-state index contributed by atoms with van der Waals surface area (Å²) < 4.78 is 1.82. The number of aromatic nitrogens is 1. The van der Waals surface area contributed by atoms with Gasteiger partial charge in [0.1, 0.15) is 34.7 Å². The van der Waals surface area contributed by atoms with E-state index in [-0.39, 0.29) is 13.0 Å². The molecule has 2 aromatic rings. The molecular weight excluding hydrogens is 352 g/mol. The number of benzene rings is 1. The normalized spacial score (nSPS) is 13.5. The quantitative estimate of drug-likeness (QED) is 0.810. The maximum atomic E-state index is 11.2. The highest BCUT2D eigenvalue weighted by Gasteiger charge is 2.35. The zero-order valence-electron chi connectivity index (χ0n) is 14.5. The number of fused-ring (bicyclic) bond motifs is 1. The van der Waals surface area contributed by atoms with Crippen molar-refractivity contribution in [1.82, 2.24) is 9.47 Å². The van der Waals surface area contributed by atoms with E-state index in [4.69, 9.17) is 22.2 Å². The summed E-state index contributed by atoms with van der Waals surface area (Å²) in [7, 11) is 3.37. The number of carboxylic acid groups (broad SMARTS) is 1. The summed E-state index contributed by atoms with van der Waals surface area (Å²) >= 11 is 5.59. The van der Waals surface area contributed by atoms with Crippen LogP contribution in [0.25, 0.3) is 11.3 Å². The molecule has 26 heavy (non-hydrogen) atoms. The summed E-state index contributed by atoms with van der Waals surface area (Å²) in [5.74, 6) is -0.913. The van der Waals surface area contributed by atoms with Crippen LogP contribution in [-0.4, -0.2) is 46.4 Å². The topological polar surface area (TPSA) is 81.7 Å². The van der Waals surface area contributed by atoms with Crippen molar-refractivity contribution < 1.29 is 14.7 Å². The average Bonchev–Trinajstić information content (AvgIpc) is 2.98. The predicted molar refractivity (Wildman–Crippen MR) is 101 cm³/mol. The van der Waals surface area contributed by atoms with Gasteiger partial charge in [0.25, 0.3) is 0 Å². The molecule has 1 aliphatic heterocycles. The highest BCUT2D eigenvalue weighted by molar-refractivity contribution is 7.80. The number of aliphatic carboxylic acids is 1. The van der Waals surface area contributed by atoms with Gasteiger partial charge in [-0.3, -0.25) is 9.63 Å². The number of anilines is 1. The van der Waals surface area contributed by atoms with Crippen molar-refractivity contribution in [2.24, 2.45) is 0 Å². The van der Waals surface area contributed by atoms with Crippen molar-refractivity contribution in [1.29, 1.82) is 5.26 Å². The molecule has 0 aliphatic carbocycles. The second-order valence-electron chi connectivity index (χ2n) is 5.90. The molecule has 2 heterocycles. The number of hydroxylamine groups is 1. The second-order valence-corrected chi connectivity index (χ2v) is 6.29. The first kappa shape index (κ1) is 17.9. The fourth-order valence-corrected chi connectivity index (χ4v) is 3.42. The molecule has 0 fully saturated rings. The molecule has 0 amide bonds. The van der Waals surface area contributed by atoms with E-state index in [0.29, 0.717) is 34.3 Å². The molecule has 0 saturated carbocycles. The van der Waals surface area contributed by atoms with E-state index in [1.807, 2.05) is 46.8 Å². The van der Waals surface area contributed by atoms with Gasteiger partial charge in [0.05, 0.1) is 19.2 Å². The fraction of sp³-hybridized carbons (Fsp3) is 0.278. The van der Waals surface area contributed by atoms with E-state index in [1.165, 1.54) is 7.11 Å². The van der Waals surface area contributed by atoms with Gasteiger partial charge in [0.15, 0.2) is 0 Å². The van der Waals surface area contributed by atoms with E-state index >= 15 is 0 Å². The number of hydrogen-bond donors (Lipinski definition) is 1. The number of hydrogen-bond acceptors (Lipinski definition) is 5. The number of carboxylic acids is 1. The van der Waals surface area contributed by atoms with Crippen molar-refractivity contribution in [3.8, 4) is 17.3 Å². The smallest absolute Gasteiger partial charge is 0.305 e. The minimum atomic E-state index is -0.913. The van der Waals surface area contributed by atoms with Crippen LogP contribution in [-0.2, 0) is 16.2 Å². The van der Waals surface area contributed by atoms with Crippen molar-refractivity contribution in [2.45, 2.75) is 13.0 Å². The van der Waals surface area contributed by atoms with Gasteiger partial charge in [-0.1, -0.05) is 42.5 Å². The third-order valence-electron chi connectivity index (χ3n) is 4.31. The molecule has 0 spiro atoms. The number of carbonyl (C=O) groups is 1. The highest BCUT2D eigenvalue weighted by Crippen LogP contribution is 2.40. The minimum Gasteiger partial charge on any atom is -0.481 e. The molecule has 0 radical (unpaired) electrons. The van der Waals surface area contributed by atoms with Gasteiger partial charge in [-0.05, 0) is 5.56 Å². The summed E-state index contributed by atoms with van der Waals surface area (Å²) in [6.07, 6.45) is -0.0782. The first-order valence-corrected chi connectivity index (χ1v) is 8.41. The van der Waals surface area contributed by atoms with Crippen LogP contribution in [0.4, 0.5) is 5.69 Å². The lowest BCUT2D eigenvalue weighted by atomic mass is 10.1. The molecule has 8 heteroatoms. The van der Waals surface area contributed by atoms with E-state index in [2.05, 4.69) is 6.07 Å². The average molecular weight is 370 g/mol. The number of thiocarbonyl (C=S) groups is 1. The lowest BCUT2D eigenvalue weighted by Crippen LogP contribution is -2.44. The molecule has 0 unspecified atom stereocenters. The van der Waals surface area contributed by atoms with E-state index in [1.54, 1.807) is 5.06 Å². The molecule has 7 nitrogen and oxygen atoms in total. The van der Waals surface area contributed by atoms with Crippen LogP contribution in [0, 0.1) is 11.3 Å². The van der Waals surface area contributed by atoms with Crippen LogP contribution in [0.1, 0.15) is 17.7 Å². The van der Waals surface area contributed by atoms with E-state index < -0.39 is 5.97 Å². The van der Waals surface area contributed by atoms with Crippen molar-refractivity contribution in [2.75, 3.05) is 25.9 Å². The molecule has 0 bridgehead atoms. The van der Waals surface area contributed by atoms with Crippen molar-refractivity contribution in [3.05, 3.63) is 41.6 Å². The Bertz CT molecular complexity index is 901. The first-order valence-electron chi connectivity index (χ1n) is 8.00. The molecule has 134 valence electrons. The van der Waals surface area contributed by atoms with Crippen LogP contribution < -0.4 is 5.06 Å². The second kappa shape index (κ2) is 7.15. The largest absolute Gasteiger partial charge is 0.481 e. The lowest BCUT2D eigenvalue weighted by Gasteiger charge is -2.35. The summed E-state index contributed by atoms with van der Waals surface area (Å²) in [6, 6.07) is 11.7. The third kappa shape index (κ3) is 2.92. The van der Waals surface area contributed by atoms with Gasteiger partial charge in [-0.15, -0.1) is 0 Å². The Morgan fingerprint density at radius 3 is 2.62 bits per heavy atom. The number of nitriles is 1. The van der Waals surface area contributed by atoms with Gasteiger partial charge in [-0.2, -0.15) is 5.26 Å². The highest BCUT2D eigenvalue weighted by atomic mass is 32.1. The fourth-order valence-electron chi connectivity index (χ4n) is 3.16. The summed E-state index contributed by atoms with van der Waals surface area (Å²) in [6.45, 7) is 0.587. The van der Waals surface area contributed by atoms with Crippen LogP contribution in [0.2, 0.25) is 0 Å². The summed E-state index contributed by atoms with van der Waals surface area (Å²) in [4.78, 5) is 19.0. The Hall–Kier alpha value is -2.89. The Labute approximate surface area is 156 Å². The van der Waals surface area contributed by atoms with E-state index in [0.717, 1.165) is 5.56 Å². The zero-order valence-corrected chi connectivity index (χ0v) is 15.3. The molecule has 1 aromatic heterocycles. The predicted octanol–water partition coefficient (Wildman–Crippen LogP) is 2.45. The Morgan fingerprint density at radius 2 is 2.04 bits per heavy atom. The SMILES string of the molecule is CON1CN(C)C(=S)c2c1c(C#N)c(-c1ccccc1)n2CCC(=O)O. The number of rotatable bonds is 5. The zero-order chi connectivity index (χ0) is 18.8. The van der Waals surface area contributed by atoms with Gasteiger partial charge in [0, 0.05) is 13.6 Å². The molecular formula is C18H18N4O3S. The monoisotopic (exact) mass is 370 g/mol. The molecule has 0 atom stereocenters. The van der Waals surface area contributed by atoms with E-state index in [9.17, 15) is 10.1 Å². The molecule has 1 N–H and O–H groups in total. The van der Waals surface area contributed by atoms with Crippen molar-refractivity contribution >= 4 is 28.9 Å². The van der Waals surface area contributed by atoms with Gasteiger partial charge in [-0.25, -0.2) is 5.06 Å².